The van der Waals surface area contributed by atoms with E-state index in [1.807, 2.05) is 0 Å². The SMILES string of the molecule is CCC(=O)Nc1ccnc(C(=O)NC(C)c2cnc(OCC(F)(F)F)c(Cl)c2)n1. The van der Waals surface area contributed by atoms with E-state index in [0.717, 1.165) is 0 Å². The van der Waals surface area contributed by atoms with E-state index in [-0.39, 0.29) is 34.9 Å². The summed E-state index contributed by atoms with van der Waals surface area (Å²) in [6, 6.07) is 2.17. The number of carbonyl (C=O) groups excluding carboxylic acids is 2. The summed E-state index contributed by atoms with van der Waals surface area (Å²) in [6.07, 6.45) is -1.71. The number of hydrogen-bond donors (Lipinski definition) is 2. The van der Waals surface area contributed by atoms with E-state index in [2.05, 4.69) is 30.3 Å². The second-order valence-electron chi connectivity index (χ2n) is 5.82. The van der Waals surface area contributed by atoms with Gasteiger partial charge in [0.15, 0.2) is 6.61 Å². The van der Waals surface area contributed by atoms with Crippen molar-refractivity contribution in [2.24, 2.45) is 0 Å². The Labute approximate surface area is 168 Å². The summed E-state index contributed by atoms with van der Waals surface area (Å²) < 4.78 is 41.2. The summed E-state index contributed by atoms with van der Waals surface area (Å²) in [5, 5.41) is 5.00. The highest BCUT2D eigenvalue weighted by molar-refractivity contribution is 6.31. The second kappa shape index (κ2) is 9.50. The molecular formula is C17H17ClF3N5O3. The standard InChI is InChI=1S/C17H17ClF3N5O3/c1-3-13(27)25-12-4-5-22-14(26-12)15(28)24-9(2)10-6-11(18)16(23-7-10)29-8-17(19,20)21/h4-7,9H,3,8H2,1-2H3,(H,24,28)(H,22,25,26,27). The summed E-state index contributed by atoms with van der Waals surface area (Å²) >= 11 is 5.91. The van der Waals surface area contributed by atoms with Crippen molar-refractivity contribution >= 4 is 29.2 Å². The molecule has 0 radical (unpaired) electrons. The number of nitrogens with one attached hydrogen (secondary N) is 2. The van der Waals surface area contributed by atoms with Crippen LogP contribution in [-0.4, -0.2) is 39.5 Å². The molecule has 0 spiro atoms. The first-order chi connectivity index (χ1) is 13.6. The van der Waals surface area contributed by atoms with E-state index in [0.29, 0.717) is 5.56 Å². The third-order valence-corrected chi connectivity index (χ3v) is 3.77. The molecule has 2 aromatic rings. The maximum Gasteiger partial charge on any atom is 0.422 e. The van der Waals surface area contributed by atoms with Crippen molar-refractivity contribution in [1.82, 2.24) is 20.3 Å². The Morgan fingerprint density at radius 3 is 2.66 bits per heavy atom. The lowest BCUT2D eigenvalue weighted by Crippen LogP contribution is -2.28. The molecule has 8 nitrogen and oxygen atoms in total. The van der Waals surface area contributed by atoms with Crippen LogP contribution in [0.3, 0.4) is 0 Å². The predicted octanol–water partition coefficient (Wildman–Crippen LogP) is 3.31. The van der Waals surface area contributed by atoms with Crippen molar-refractivity contribution in [3.8, 4) is 5.88 Å². The minimum Gasteiger partial charge on any atom is -0.467 e. The van der Waals surface area contributed by atoms with E-state index < -0.39 is 24.7 Å². The van der Waals surface area contributed by atoms with Gasteiger partial charge >= 0.3 is 6.18 Å². The van der Waals surface area contributed by atoms with Crippen LogP contribution >= 0.6 is 11.6 Å². The number of hydrogen-bond acceptors (Lipinski definition) is 6. The molecule has 29 heavy (non-hydrogen) atoms. The van der Waals surface area contributed by atoms with E-state index in [1.165, 1.54) is 24.5 Å². The van der Waals surface area contributed by atoms with E-state index >= 15 is 0 Å². The van der Waals surface area contributed by atoms with Crippen molar-refractivity contribution in [2.75, 3.05) is 11.9 Å². The first-order valence-corrected chi connectivity index (χ1v) is 8.75. The smallest absolute Gasteiger partial charge is 0.422 e. The summed E-state index contributed by atoms with van der Waals surface area (Å²) in [4.78, 5) is 35.3. The van der Waals surface area contributed by atoms with Crippen molar-refractivity contribution in [3.63, 3.8) is 0 Å². The highest BCUT2D eigenvalue weighted by Gasteiger charge is 2.29. The van der Waals surface area contributed by atoms with E-state index in [4.69, 9.17) is 11.6 Å². The van der Waals surface area contributed by atoms with Crippen LogP contribution in [0.1, 0.15) is 42.5 Å². The Kier molecular flexibility index (Phi) is 7.32. The minimum atomic E-state index is -4.52. The number of amides is 2. The first kappa shape index (κ1) is 22.3. The summed E-state index contributed by atoms with van der Waals surface area (Å²) in [5.74, 6) is -1.25. The zero-order valence-electron chi connectivity index (χ0n) is 15.4. The molecule has 156 valence electrons. The number of carbonyl (C=O) groups is 2. The van der Waals surface area contributed by atoms with Crippen LogP contribution in [-0.2, 0) is 4.79 Å². The number of nitrogens with zero attached hydrogens (tertiary/aromatic N) is 3. The topological polar surface area (TPSA) is 106 Å². The highest BCUT2D eigenvalue weighted by atomic mass is 35.5. The molecule has 0 aromatic carbocycles. The Morgan fingerprint density at radius 1 is 1.31 bits per heavy atom. The number of alkyl halides is 3. The number of pyridine rings is 1. The number of ether oxygens (including phenoxy) is 1. The number of rotatable bonds is 7. The van der Waals surface area contributed by atoms with Crippen LogP contribution in [0.2, 0.25) is 5.02 Å². The highest BCUT2D eigenvalue weighted by Crippen LogP contribution is 2.27. The van der Waals surface area contributed by atoms with Gasteiger partial charge < -0.3 is 15.4 Å². The third-order valence-electron chi connectivity index (χ3n) is 3.50. The molecule has 2 rings (SSSR count). The Morgan fingerprint density at radius 2 is 2.03 bits per heavy atom. The van der Waals surface area contributed by atoms with Gasteiger partial charge in [-0.15, -0.1) is 0 Å². The van der Waals surface area contributed by atoms with E-state index in [1.54, 1.807) is 13.8 Å². The predicted molar refractivity (Wildman–Crippen MR) is 97.6 cm³/mol. The molecule has 1 unspecified atom stereocenters. The summed E-state index contributed by atoms with van der Waals surface area (Å²) in [5.41, 5.74) is 0.429. The molecule has 2 aromatic heterocycles. The maximum absolute atomic E-state index is 12.3. The maximum atomic E-state index is 12.3. The zero-order chi connectivity index (χ0) is 21.6. The van der Waals surface area contributed by atoms with Crippen LogP contribution in [0.15, 0.2) is 24.5 Å². The van der Waals surface area contributed by atoms with Gasteiger partial charge in [0.25, 0.3) is 5.91 Å². The van der Waals surface area contributed by atoms with Crippen LogP contribution in [0.25, 0.3) is 0 Å². The van der Waals surface area contributed by atoms with Crippen molar-refractivity contribution in [1.29, 1.82) is 0 Å². The Bertz CT molecular complexity index is 895. The molecule has 12 heteroatoms. The average Bonchev–Trinajstić information content (AvgIpc) is 2.66. The minimum absolute atomic E-state index is 0.131. The molecule has 2 amide bonds. The molecule has 0 fully saturated rings. The zero-order valence-corrected chi connectivity index (χ0v) is 16.1. The molecule has 0 aliphatic carbocycles. The number of anilines is 1. The van der Waals surface area contributed by atoms with Crippen LogP contribution in [0.5, 0.6) is 5.88 Å². The Balaban J connectivity index is 2.05. The lowest BCUT2D eigenvalue weighted by molar-refractivity contribution is -0.154. The summed E-state index contributed by atoms with van der Waals surface area (Å²) in [6.45, 7) is 1.77. The van der Waals surface area contributed by atoms with Gasteiger partial charge in [-0.1, -0.05) is 18.5 Å². The number of halogens is 4. The Hall–Kier alpha value is -2.95. The molecule has 0 aliphatic heterocycles. The third kappa shape index (κ3) is 6.86. The number of aromatic nitrogens is 3. The molecule has 2 heterocycles. The second-order valence-corrected chi connectivity index (χ2v) is 6.23. The lowest BCUT2D eigenvalue weighted by Gasteiger charge is -2.15. The molecule has 0 bridgehead atoms. The van der Waals surface area contributed by atoms with Crippen LogP contribution < -0.4 is 15.4 Å². The van der Waals surface area contributed by atoms with Gasteiger partial charge in [0, 0.05) is 18.8 Å². The van der Waals surface area contributed by atoms with Crippen molar-refractivity contribution in [2.45, 2.75) is 32.5 Å². The quantitative estimate of drug-likeness (QED) is 0.696. The molecule has 0 aliphatic rings. The van der Waals surface area contributed by atoms with Gasteiger partial charge in [0.1, 0.15) is 10.8 Å². The molecule has 0 saturated heterocycles. The van der Waals surface area contributed by atoms with Crippen molar-refractivity contribution < 1.29 is 27.5 Å². The fourth-order valence-electron chi connectivity index (χ4n) is 2.05. The fourth-order valence-corrected chi connectivity index (χ4v) is 2.28. The van der Waals surface area contributed by atoms with Crippen molar-refractivity contribution in [3.05, 3.63) is 40.9 Å². The van der Waals surface area contributed by atoms with Crippen LogP contribution in [0, 0.1) is 0 Å². The van der Waals surface area contributed by atoms with E-state index in [9.17, 15) is 22.8 Å². The molecule has 2 N–H and O–H groups in total. The largest absolute Gasteiger partial charge is 0.467 e. The van der Waals surface area contributed by atoms with Gasteiger partial charge in [-0.05, 0) is 24.6 Å². The van der Waals surface area contributed by atoms with Crippen LogP contribution in [0.4, 0.5) is 19.0 Å². The monoisotopic (exact) mass is 431 g/mol. The molecule has 0 saturated carbocycles. The first-order valence-electron chi connectivity index (χ1n) is 8.37. The van der Waals surface area contributed by atoms with Gasteiger partial charge in [-0.25, -0.2) is 15.0 Å². The van der Waals surface area contributed by atoms with Gasteiger partial charge in [-0.3, -0.25) is 9.59 Å². The lowest BCUT2D eigenvalue weighted by atomic mass is 10.1. The normalized spacial score (nSPS) is 12.2. The summed E-state index contributed by atoms with van der Waals surface area (Å²) in [7, 11) is 0. The molecule has 1 atom stereocenters. The van der Waals surface area contributed by atoms with Gasteiger partial charge in [-0.2, -0.15) is 13.2 Å². The average molecular weight is 432 g/mol. The van der Waals surface area contributed by atoms with Gasteiger partial charge in [0.05, 0.1) is 6.04 Å². The molecular weight excluding hydrogens is 415 g/mol. The van der Waals surface area contributed by atoms with Gasteiger partial charge in [0.2, 0.25) is 17.6 Å². The fraction of sp³-hybridized carbons (Fsp3) is 0.353.